The Morgan fingerprint density at radius 1 is 1.33 bits per heavy atom. The third kappa shape index (κ3) is 6.24. The van der Waals surface area contributed by atoms with Crippen molar-refractivity contribution in [3.8, 4) is 0 Å². The summed E-state index contributed by atoms with van der Waals surface area (Å²) in [5.41, 5.74) is -0.276. The van der Waals surface area contributed by atoms with Crippen molar-refractivity contribution in [2.24, 2.45) is 17.3 Å². The van der Waals surface area contributed by atoms with Gasteiger partial charge in [0.2, 0.25) is 5.91 Å². The van der Waals surface area contributed by atoms with Crippen LogP contribution in [-0.4, -0.2) is 29.8 Å². The summed E-state index contributed by atoms with van der Waals surface area (Å²) < 4.78 is 38.2. The number of carbonyl (C=O) groups excluding carboxylic acids is 1. The maximum atomic E-state index is 12.7. The Bertz CT molecular complexity index is 353. The van der Waals surface area contributed by atoms with E-state index in [2.05, 4.69) is 5.32 Å². The summed E-state index contributed by atoms with van der Waals surface area (Å²) in [6.07, 6.45) is -3.16. The number of hydrogen-bond acceptors (Lipinski definition) is 2. The summed E-state index contributed by atoms with van der Waals surface area (Å²) in [7, 11) is 0. The largest absolute Gasteiger partial charge is 0.393 e. The van der Waals surface area contributed by atoms with Crippen molar-refractivity contribution in [3.05, 3.63) is 0 Å². The molecule has 0 saturated heterocycles. The van der Waals surface area contributed by atoms with Gasteiger partial charge in [0.05, 0.1) is 12.0 Å². The fourth-order valence-electron chi connectivity index (χ4n) is 3.07. The number of amides is 1. The lowest BCUT2D eigenvalue weighted by atomic mass is 9.80. The van der Waals surface area contributed by atoms with Crippen LogP contribution in [0.5, 0.6) is 0 Å². The topological polar surface area (TPSA) is 49.3 Å². The second kappa shape index (κ2) is 6.99. The summed E-state index contributed by atoms with van der Waals surface area (Å²) >= 11 is 0. The van der Waals surface area contributed by atoms with E-state index in [9.17, 15) is 23.1 Å². The lowest BCUT2D eigenvalue weighted by molar-refractivity contribution is -0.186. The zero-order valence-corrected chi connectivity index (χ0v) is 13.0. The summed E-state index contributed by atoms with van der Waals surface area (Å²) in [5.74, 6) is -2.19. The fraction of sp³-hybridized carbons (Fsp3) is 0.933. The molecule has 1 rings (SSSR count). The standard InChI is InChI=1S/C15H26F3NO2/c1-10(20)8-14(2,3)9-19-13(21)11-5-4-6-12(7-11)15(16,17)18/h10-12,20H,4-9H2,1-3H3,(H,19,21). The molecular weight excluding hydrogens is 283 g/mol. The van der Waals surface area contributed by atoms with E-state index in [4.69, 9.17) is 0 Å². The number of alkyl halides is 3. The van der Waals surface area contributed by atoms with Gasteiger partial charge in [0.1, 0.15) is 0 Å². The average molecular weight is 309 g/mol. The van der Waals surface area contributed by atoms with E-state index in [1.54, 1.807) is 6.92 Å². The van der Waals surface area contributed by atoms with Crippen LogP contribution < -0.4 is 5.32 Å². The minimum atomic E-state index is -4.20. The van der Waals surface area contributed by atoms with Gasteiger partial charge in [-0.1, -0.05) is 20.3 Å². The molecule has 0 aromatic carbocycles. The van der Waals surface area contributed by atoms with Crippen molar-refractivity contribution in [3.63, 3.8) is 0 Å². The van der Waals surface area contributed by atoms with Crippen LogP contribution in [-0.2, 0) is 4.79 Å². The van der Waals surface area contributed by atoms with Crippen LogP contribution in [0.3, 0.4) is 0 Å². The molecule has 0 aliphatic heterocycles. The van der Waals surface area contributed by atoms with Gasteiger partial charge in [0.25, 0.3) is 0 Å². The Balaban J connectivity index is 2.48. The van der Waals surface area contributed by atoms with Crippen LogP contribution in [0.4, 0.5) is 13.2 Å². The molecule has 0 aromatic heterocycles. The maximum Gasteiger partial charge on any atom is 0.391 e. The normalized spacial score (nSPS) is 25.5. The molecule has 6 heteroatoms. The highest BCUT2D eigenvalue weighted by Crippen LogP contribution is 2.40. The van der Waals surface area contributed by atoms with E-state index < -0.39 is 24.1 Å². The molecule has 0 radical (unpaired) electrons. The number of aliphatic hydroxyl groups excluding tert-OH is 1. The smallest absolute Gasteiger partial charge is 0.391 e. The molecule has 0 bridgehead atoms. The Hall–Kier alpha value is -0.780. The van der Waals surface area contributed by atoms with Gasteiger partial charge < -0.3 is 10.4 Å². The molecule has 21 heavy (non-hydrogen) atoms. The highest BCUT2D eigenvalue weighted by molar-refractivity contribution is 5.78. The number of hydrogen-bond donors (Lipinski definition) is 2. The van der Waals surface area contributed by atoms with Crippen LogP contribution in [0.25, 0.3) is 0 Å². The molecule has 3 atom stereocenters. The van der Waals surface area contributed by atoms with Gasteiger partial charge in [-0.15, -0.1) is 0 Å². The lowest BCUT2D eigenvalue weighted by Gasteiger charge is -2.31. The van der Waals surface area contributed by atoms with E-state index in [0.29, 0.717) is 25.8 Å². The highest BCUT2D eigenvalue weighted by Gasteiger charge is 2.43. The van der Waals surface area contributed by atoms with Crippen molar-refractivity contribution in [2.75, 3.05) is 6.54 Å². The summed E-state index contributed by atoms with van der Waals surface area (Å²) in [4.78, 5) is 12.1. The predicted octanol–water partition coefficient (Wildman–Crippen LogP) is 3.27. The van der Waals surface area contributed by atoms with Gasteiger partial charge in [-0.25, -0.2) is 0 Å². The minimum Gasteiger partial charge on any atom is -0.393 e. The molecule has 1 amide bonds. The van der Waals surface area contributed by atoms with Gasteiger partial charge >= 0.3 is 6.18 Å². The van der Waals surface area contributed by atoms with Crippen molar-refractivity contribution in [1.82, 2.24) is 5.32 Å². The summed E-state index contributed by atoms with van der Waals surface area (Å²) in [6, 6.07) is 0. The van der Waals surface area contributed by atoms with E-state index in [0.717, 1.165) is 0 Å². The lowest BCUT2D eigenvalue weighted by Crippen LogP contribution is -2.41. The van der Waals surface area contributed by atoms with Crippen LogP contribution in [0, 0.1) is 17.3 Å². The third-order valence-electron chi connectivity index (χ3n) is 4.10. The van der Waals surface area contributed by atoms with Gasteiger partial charge in [-0.05, 0) is 38.0 Å². The average Bonchev–Trinajstić information content (AvgIpc) is 2.33. The van der Waals surface area contributed by atoms with E-state index in [1.165, 1.54) is 0 Å². The van der Waals surface area contributed by atoms with Gasteiger partial charge in [0.15, 0.2) is 0 Å². The first-order valence-corrected chi connectivity index (χ1v) is 7.54. The molecule has 1 aliphatic carbocycles. The Labute approximate surface area is 124 Å². The first-order chi connectivity index (χ1) is 9.51. The second-order valence-electron chi connectivity index (χ2n) is 7.04. The Kier molecular flexibility index (Phi) is 6.08. The van der Waals surface area contributed by atoms with Crippen molar-refractivity contribution in [1.29, 1.82) is 0 Å². The predicted molar refractivity (Wildman–Crippen MR) is 74.6 cm³/mol. The van der Waals surface area contributed by atoms with Gasteiger partial charge in [0, 0.05) is 12.5 Å². The van der Waals surface area contributed by atoms with E-state index in [-0.39, 0.29) is 24.2 Å². The molecule has 1 fully saturated rings. The highest BCUT2D eigenvalue weighted by atomic mass is 19.4. The minimum absolute atomic E-state index is 0.105. The monoisotopic (exact) mass is 309 g/mol. The van der Waals surface area contributed by atoms with Gasteiger partial charge in [-0.3, -0.25) is 4.79 Å². The van der Waals surface area contributed by atoms with Crippen LogP contribution in [0.2, 0.25) is 0 Å². The van der Waals surface area contributed by atoms with Crippen LogP contribution in [0.15, 0.2) is 0 Å². The summed E-state index contributed by atoms with van der Waals surface area (Å²) in [5, 5.41) is 12.1. The van der Waals surface area contributed by atoms with Crippen molar-refractivity contribution in [2.45, 2.75) is 65.2 Å². The van der Waals surface area contributed by atoms with Gasteiger partial charge in [-0.2, -0.15) is 13.2 Å². The van der Waals surface area contributed by atoms with E-state index in [1.807, 2.05) is 13.8 Å². The third-order valence-corrected chi connectivity index (χ3v) is 4.10. The number of rotatable bonds is 5. The second-order valence-corrected chi connectivity index (χ2v) is 7.04. The molecule has 0 heterocycles. The summed E-state index contributed by atoms with van der Waals surface area (Å²) in [6.45, 7) is 5.88. The molecule has 1 aliphatic rings. The molecule has 3 nitrogen and oxygen atoms in total. The van der Waals surface area contributed by atoms with E-state index >= 15 is 0 Å². The Morgan fingerprint density at radius 2 is 1.95 bits per heavy atom. The first-order valence-electron chi connectivity index (χ1n) is 7.54. The van der Waals surface area contributed by atoms with Crippen molar-refractivity contribution >= 4 is 5.91 Å². The fourth-order valence-corrected chi connectivity index (χ4v) is 3.07. The Morgan fingerprint density at radius 3 is 2.48 bits per heavy atom. The quantitative estimate of drug-likeness (QED) is 0.819. The number of aliphatic hydroxyl groups is 1. The molecule has 0 aromatic rings. The molecule has 124 valence electrons. The molecule has 2 N–H and O–H groups in total. The molecular formula is C15H26F3NO2. The van der Waals surface area contributed by atoms with Crippen LogP contribution in [0.1, 0.15) is 52.9 Å². The number of nitrogens with one attached hydrogen (secondary N) is 1. The van der Waals surface area contributed by atoms with Crippen LogP contribution >= 0.6 is 0 Å². The molecule has 1 saturated carbocycles. The molecule has 0 spiro atoms. The zero-order chi connectivity index (χ0) is 16.3. The van der Waals surface area contributed by atoms with Crippen molar-refractivity contribution < 1.29 is 23.1 Å². The molecule has 3 unspecified atom stereocenters. The zero-order valence-electron chi connectivity index (χ0n) is 13.0. The first kappa shape index (κ1) is 18.3. The number of carbonyl (C=O) groups is 1. The number of halogens is 3. The SMILES string of the molecule is CC(O)CC(C)(C)CNC(=O)C1CCCC(C(F)(F)F)C1. The maximum absolute atomic E-state index is 12.7.